The van der Waals surface area contributed by atoms with E-state index < -0.39 is 0 Å². The third-order valence-electron chi connectivity index (χ3n) is 4.76. The quantitative estimate of drug-likeness (QED) is 0.813. The van der Waals surface area contributed by atoms with E-state index in [2.05, 4.69) is 37.9 Å². The van der Waals surface area contributed by atoms with Crippen LogP contribution in [-0.4, -0.2) is 35.6 Å². The second-order valence-electron chi connectivity index (χ2n) is 6.87. The maximum Gasteiger partial charge on any atom is 0.0309 e. The van der Waals surface area contributed by atoms with Crippen molar-refractivity contribution in [1.29, 1.82) is 0 Å². The molecule has 0 aromatic carbocycles. The average Bonchev–Trinajstić information content (AvgIpc) is 2.70. The van der Waals surface area contributed by atoms with E-state index in [1.165, 1.54) is 45.2 Å². The van der Waals surface area contributed by atoms with E-state index in [-0.39, 0.29) is 0 Å². The largest absolute Gasteiger partial charge is 0.308 e. The number of hydrogen-bond acceptors (Lipinski definition) is 2. The summed E-state index contributed by atoms with van der Waals surface area (Å²) in [5, 5.41) is 3.84. The zero-order valence-electron chi connectivity index (χ0n) is 12.1. The molecule has 1 spiro atoms. The van der Waals surface area contributed by atoms with Gasteiger partial charge < -0.3 is 5.32 Å². The fraction of sp³-hybridized carbons (Fsp3) is 1.00. The molecule has 0 bridgehead atoms. The molecule has 1 heterocycles. The van der Waals surface area contributed by atoms with Crippen molar-refractivity contribution in [3.63, 3.8) is 0 Å². The maximum absolute atomic E-state index is 3.84. The summed E-state index contributed by atoms with van der Waals surface area (Å²) < 4.78 is 0. The maximum atomic E-state index is 3.84. The van der Waals surface area contributed by atoms with E-state index >= 15 is 0 Å². The number of nitrogens with one attached hydrogen (secondary N) is 1. The van der Waals surface area contributed by atoms with Crippen molar-refractivity contribution in [1.82, 2.24) is 10.2 Å². The highest BCUT2D eigenvalue weighted by atomic mass is 15.3. The molecule has 0 amide bonds. The summed E-state index contributed by atoms with van der Waals surface area (Å²) in [7, 11) is 0. The molecule has 0 aromatic heterocycles. The first-order chi connectivity index (χ1) is 8.02. The Hall–Kier alpha value is -0.0800. The Morgan fingerprint density at radius 1 is 1.24 bits per heavy atom. The fourth-order valence-corrected chi connectivity index (χ4v) is 3.84. The molecule has 1 saturated carbocycles. The van der Waals surface area contributed by atoms with E-state index in [1.807, 2.05) is 0 Å². The van der Waals surface area contributed by atoms with E-state index in [4.69, 9.17) is 0 Å². The van der Waals surface area contributed by atoms with Gasteiger partial charge in [-0.1, -0.05) is 26.7 Å². The van der Waals surface area contributed by atoms with Gasteiger partial charge in [-0.15, -0.1) is 0 Å². The first kappa shape index (κ1) is 13.4. The normalized spacial score (nSPS) is 31.2. The lowest BCUT2D eigenvalue weighted by atomic mass is 9.90. The molecular formula is C15H30N2. The number of rotatable bonds is 3. The van der Waals surface area contributed by atoms with Crippen LogP contribution >= 0.6 is 0 Å². The Morgan fingerprint density at radius 2 is 1.88 bits per heavy atom. The summed E-state index contributed by atoms with van der Waals surface area (Å²) in [6, 6.07) is 1.44. The third kappa shape index (κ3) is 3.03. The van der Waals surface area contributed by atoms with Crippen LogP contribution in [0.1, 0.15) is 59.8 Å². The lowest BCUT2D eigenvalue weighted by molar-refractivity contribution is 0.0492. The fourth-order valence-electron chi connectivity index (χ4n) is 3.84. The van der Waals surface area contributed by atoms with Crippen molar-refractivity contribution in [2.45, 2.75) is 77.4 Å². The molecule has 0 aromatic rings. The zero-order chi connectivity index (χ0) is 12.5. The lowest BCUT2D eigenvalue weighted by Crippen LogP contribution is -2.64. The topological polar surface area (TPSA) is 15.3 Å². The van der Waals surface area contributed by atoms with Gasteiger partial charge in [-0.25, -0.2) is 0 Å². The molecule has 1 N–H and O–H groups in total. The van der Waals surface area contributed by atoms with Crippen molar-refractivity contribution < 1.29 is 0 Å². The van der Waals surface area contributed by atoms with Gasteiger partial charge in [0, 0.05) is 30.7 Å². The minimum atomic E-state index is 0.470. The van der Waals surface area contributed by atoms with Gasteiger partial charge in [-0.2, -0.15) is 0 Å². The van der Waals surface area contributed by atoms with Crippen LogP contribution in [0.3, 0.4) is 0 Å². The average molecular weight is 238 g/mol. The monoisotopic (exact) mass is 238 g/mol. The van der Waals surface area contributed by atoms with Crippen molar-refractivity contribution in [2.75, 3.05) is 13.1 Å². The van der Waals surface area contributed by atoms with Gasteiger partial charge >= 0.3 is 0 Å². The molecule has 1 aliphatic carbocycles. The summed E-state index contributed by atoms with van der Waals surface area (Å²) in [5.41, 5.74) is 0.470. The molecule has 1 aliphatic heterocycles. The van der Waals surface area contributed by atoms with Crippen LogP contribution in [0.5, 0.6) is 0 Å². The Kier molecular flexibility index (Phi) is 4.14. The Labute approximate surface area is 107 Å². The van der Waals surface area contributed by atoms with Crippen LogP contribution in [0.25, 0.3) is 0 Å². The predicted octanol–water partition coefficient (Wildman–Crippen LogP) is 3.03. The van der Waals surface area contributed by atoms with Crippen molar-refractivity contribution in [3.8, 4) is 0 Å². The molecule has 2 heteroatoms. The van der Waals surface area contributed by atoms with Crippen LogP contribution in [0.4, 0.5) is 0 Å². The Bertz CT molecular complexity index is 243. The van der Waals surface area contributed by atoms with Crippen molar-refractivity contribution >= 4 is 0 Å². The van der Waals surface area contributed by atoms with Gasteiger partial charge in [0.25, 0.3) is 0 Å². The molecule has 100 valence electrons. The van der Waals surface area contributed by atoms with E-state index in [0.29, 0.717) is 11.6 Å². The number of hydrogen-bond donors (Lipinski definition) is 1. The minimum Gasteiger partial charge on any atom is -0.308 e. The highest BCUT2D eigenvalue weighted by Gasteiger charge is 2.41. The lowest BCUT2D eigenvalue weighted by Gasteiger charge is -2.48. The standard InChI is InChI=1S/C15H30N2/c1-12(2)9-13(3)17-11-15(7-5-6-8-15)16-10-14(17)4/h12-14,16H,5-11H2,1-4H3. The summed E-state index contributed by atoms with van der Waals surface area (Å²) in [4.78, 5) is 2.77. The molecule has 2 aliphatic rings. The molecule has 17 heavy (non-hydrogen) atoms. The highest BCUT2D eigenvalue weighted by molar-refractivity contribution is 5.01. The van der Waals surface area contributed by atoms with E-state index in [9.17, 15) is 0 Å². The van der Waals surface area contributed by atoms with Crippen LogP contribution in [0, 0.1) is 5.92 Å². The molecule has 2 fully saturated rings. The van der Waals surface area contributed by atoms with Gasteiger partial charge in [-0.05, 0) is 39.0 Å². The van der Waals surface area contributed by atoms with Gasteiger partial charge in [-0.3, -0.25) is 4.90 Å². The van der Waals surface area contributed by atoms with Gasteiger partial charge in [0.2, 0.25) is 0 Å². The molecular weight excluding hydrogens is 208 g/mol. The predicted molar refractivity (Wildman–Crippen MR) is 74.3 cm³/mol. The van der Waals surface area contributed by atoms with Crippen LogP contribution < -0.4 is 5.32 Å². The number of piperazine rings is 1. The van der Waals surface area contributed by atoms with Crippen LogP contribution in [0.2, 0.25) is 0 Å². The SMILES string of the molecule is CC(C)CC(C)N1CC2(CCCC2)NCC1C. The summed E-state index contributed by atoms with van der Waals surface area (Å²) in [6.07, 6.45) is 6.97. The molecule has 2 nitrogen and oxygen atoms in total. The molecule has 2 rings (SSSR count). The van der Waals surface area contributed by atoms with E-state index in [0.717, 1.165) is 12.0 Å². The Morgan fingerprint density at radius 3 is 2.47 bits per heavy atom. The molecule has 0 radical (unpaired) electrons. The minimum absolute atomic E-state index is 0.470. The van der Waals surface area contributed by atoms with Crippen LogP contribution in [-0.2, 0) is 0 Å². The summed E-state index contributed by atoms with van der Waals surface area (Å²) >= 11 is 0. The number of nitrogens with zero attached hydrogens (tertiary/aromatic N) is 1. The molecule has 2 atom stereocenters. The molecule has 1 saturated heterocycles. The first-order valence-corrected chi connectivity index (χ1v) is 7.53. The summed E-state index contributed by atoms with van der Waals surface area (Å²) in [5.74, 6) is 0.812. The molecule has 2 unspecified atom stereocenters. The van der Waals surface area contributed by atoms with Gasteiger partial charge in [0.15, 0.2) is 0 Å². The second kappa shape index (κ2) is 5.27. The van der Waals surface area contributed by atoms with Crippen molar-refractivity contribution in [2.24, 2.45) is 5.92 Å². The smallest absolute Gasteiger partial charge is 0.0309 e. The summed E-state index contributed by atoms with van der Waals surface area (Å²) in [6.45, 7) is 11.9. The van der Waals surface area contributed by atoms with Crippen molar-refractivity contribution in [3.05, 3.63) is 0 Å². The Balaban J connectivity index is 1.99. The van der Waals surface area contributed by atoms with Crippen LogP contribution in [0.15, 0.2) is 0 Å². The van der Waals surface area contributed by atoms with E-state index in [1.54, 1.807) is 0 Å². The van der Waals surface area contributed by atoms with Gasteiger partial charge in [0.1, 0.15) is 0 Å². The second-order valence-corrected chi connectivity index (χ2v) is 6.87. The highest BCUT2D eigenvalue weighted by Crippen LogP contribution is 2.34. The zero-order valence-corrected chi connectivity index (χ0v) is 12.1. The third-order valence-corrected chi connectivity index (χ3v) is 4.76. The van der Waals surface area contributed by atoms with Gasteiger partial charge in [0.05, 0.1) is 0 Å². The first-order valence-electron chi connectivity index (χ1n) is 7.53.